The van der Waals surface area contributed by atoms with Crippen LogP contribution in [0.15, 0.2) is 29.8 Å². The van der Waals surface area contributed by atoms with Gasteiger partial charge in [-0.1, -0.05) is 42.3 Å². The van der Waals surface area contributed by atoms with E-state index >= 15 is 0 Å². The standard InChI is InChI=1S/C13H18ClN/c1-3-8-15-10-11(2)9-12-4-6-13(14)7-5-12/h4-7,9,15H,3,8,10H2,1-2H3. The monoisotopic (exact) mass is 223 g/mol. The molecule has 0 bridgehead atoms. The Bertz CT molecular complexity index is 314. The van der Waals surface area contributed by atoms with Crippen molar-refractivity contribution in [1.82, 2.24) is 5.32 Å². The molecule has 2 heteroatoms. The SMILES string of the molecule is CCCNCC(C)=Cc1ccc(Cl)cc1. The molecule has 0 aliphatic heterocycles. The summed E-state index contributed by atoms with van der Waals surface area (Å²) < 4.78 is 0. The van der Waals surface area contributed by atoms with Gasteiger partial charge in [0.25, 0.3) is 0 Å². The second kappa shape index (κ2) is 6.65. The van der Waals surface area contributed by atoms with E-state index in [1.54, 1.807) is 0 Å². The first-order valence-corrected chi connectivity index (χ1v) is 5.73. The van der Waals surface area contributed by atoms with Gasteiger partial charge in [-0.15, -0.1) is 0 Å². The Labute approximate surface area is 97.1 Å². The van der Waals surface area contributed by atoms with Gasteiger partial charge >= 0.3 is 0 Å². The van der Waals surface area contributed by atoms with Crippen LogP contribution in [0, 0.1) is 0 Å². The van der Waals surface area contributed by atoms with Crippen molar-refractivity contribution in [3.63, 3.8) is 0 Å². The molecule has 0 aliphatic rings. The molecule has 1 nitrogen and oxygen atoms in total. The van der Waals surface area contributed by atoms with Gasteiger partial charge in [0.15, 0.2) is 0 Å². The van der Waals surface area contributed by atoms with Crippen molar-refractivity contribution < 1.29 is 0 Å². The normalized spacial score (nSPS) is 11.8. The van der Waals surface area contributed by atoms with Crippen LogP contribution in [0.25, 0.3) is 6.08 Å². The van der Waals surface area contributed by atoms with E-state index in [0.717, 1.165) is 18.1 Å². The molecule has 0 aliphatic carbocycles. The second-order valence-corrected chi connectivity index (χ2v) is 4.16. The predicted molar refractivity (Wildman–Crippen MR) is 68.3 cm³/mol. The van der Waals surface area contributed by atoms with E-state index in [9.17, 15) is 0 Å². The minimum Gasteiger partial charge on any atom is -0.313 e. The van der Waals surface area contributed by atoms with Crippen molar-refractivity contribution >= 4 is 17.7 Å². The van der Waals surface area contributed by atoms with Crippen molar-refractivity contribution in [2.24, 2.45) is 0 Å². The minimum absolute atomic E-state index is 0.786. The zero-order valence-corrected chi connectivity index (χ0v) is 10.1. The number of halogens is 1. The molecule has 0 atom stereocenters. The Balaban J connectivity index is 2.50. The lowest BCUT2D eigenvalue weighted by atomic mass is 10.1. The second-order valence-electron chi connectivity index (χ2n) is 3.72. The largest absolute Gasteiger partial charge is 0.313 e. The summed E-state index contributed by atoms with van der Waals surface area (Å²) in [5.74, 6) is 0. The van der Waals surface area contributed by atoms with Gasteiger partial charge in [-0.3, -0.25) is 0 Å². The molecule has 1 rings (SSSR count). The van der Waals surface area contributed by atoms with E-state index in [0.29, 0.717) is 0 Å². The molecule has 1 aromatic rings. The number of hydrogen-bond donors (Lipinski definition) is 1. The zero-order chi connectivity index (χ0) is 11.1. The highest BCUT2D eigenvalue weighted by Crippen LogP contribution is 2.12. The zero-order valence-electron chi connectivity index (χ0n) is 9.39. The number of nitrogens with one attached hydrogen (secondary N) is 1. The molecule has 82 valence electrons. The molecular weight excluding hydrogens is 206 g/mol. The summed E-state index contributed by atoms with van der Waals surface area (Å²) in [6.07, 6.45) is 3.35. The highest BCUT2D eigenvalue weighted by Gasteiger charge is 1.92. The highest BCUT2D eigenvalue weighted by atomic mass is 35.5. The van der Waals surface area contributed by atoms with E-state index in [1.165, 1.54) is 17.6 Å². The Morgan fingerprint density at radius 3 is 2.60 bits per heavy atom. The molecule has 0 heterocycles. The summed E-state index contributed by atoms with van der Waals surface area (Å²) in [5.41, 5.74) is 2.54. The molecule has 0 amide bonds. The van der Waals surface area contributed by atoms with E-state index in [1.807, 2.05) is 24.3 Å². The third kappa shape index (κ3) is 5.01. The molecular formula is C13H18ClN. The lowest BCUT2D eigenvalue weighted by molar-refractivity contribution is 0.715. The van der Waals surface area contributed by atoms with Gasteiger partial charge in [0.2, 0.25) is 0 Å². The highest BCUT2D eigenvalue weighted by molar-refractivity contribution is 6.30. The summed E-state index contributed by atoms with van der Waals surface area (Å²) in [5, 5.41) is 4.16. The first-order valence-electron chi connectivity index (χ1n) is 5.36. The molecule has 0 fully saturated rings. The Kier molecular flexibility index (Phi) is 5.44. The predicted octanol–water partition coefficient (Wildman–Crippen LogP) is 3.74. The van der Waals surface area contributed by atoms with E-state index < -0.39 is 0 Å². The van der Waals surface area contributed by atoms with Crippen LogP contribution >= 0.6 is 11.6 Å². The maximum Gasteiger partial charge on any atom is 0.0406 e. The van der Waals surface area contributed by atoms with Gasteiger partial charge in [-0.2, -0.15) is 0 Å². The van der Waals surface area contributed by atoms with Crippen molar-refractivity contribution in [2.75, 3.05) is 13.1 Å². The molecule has 1 aromatic carbocycles. The van der Waals surface area contributed by atoms with Crippen molar-refractivity contribution in [2.45, 2.75) is 20.3 Å². The smallest absolute Gasteiger partial charge is 0.0406 e. The number of rotatable bonds is 5. The molecule has 15 heavy (non-hydrogen) atoms. The van der Waals surface area contributed by atoms with Gasteiger partial charge in [-0.05, 0) is 37.6 Å². The van der Waals surface area contributed by atoms with Crippen molar-refractivity contribution in [3.8, 4) is 0 Å². The van der Waals surface area contributed by atoms with Crippen LogP contribution in [0.3, 0.4) is 0 Å². The average molecular weight is 224 g/mol. The minimum atomic E-state index is 0.786. The summed E-state index contributed by atoms with van der Waals surface area (Å²) in [4.78, 5) is 0. The van der Waals surface area contributed by atoms with E-state index in [2.05, 4.69) is 25.2 Å². The molecule has 0 saturated heterocycles. The fraction of sp³-hybridized carbons (Fsp3) is 0.385. The Hall–Kier alpha value is -0.790. The molecule has 1 N–H and O–H groups in total. The van der Waals surface area contributed by atoms with Crippen LogP contribution in [0.5, 0.6) is 0 Å². The maximum absolute atomic E-state index is 5.82. The van der Waals surface area contributed by atoms with Crippen LogP contribution < -0.4 is 5.32 Å². The Morgan fingerprint density at radius 1 is 1.33 bits per heavy atom. The van der Waals surface area contributed by atoms with Gasteiger partial charge in [0.05, 0.1) is 0 Å². The fourth-order valence-corrected chi connectivity index (χ4v) is 1.48. The van der Waals surface area contributed by atoms with Crippen LogP contribution in [-0.2, 0) is 0 Å². The summed E-state index contributed by atoms with van der Waals surface area (Å²) in [7, 11) is 0. The summed E-state index contributed by atoms with van der Waals surface area (Å²) in [6.45, 7) is 6.34. The summed E-state index contributed by atoms with van der Waals surface area (Å²) in [6, 6.07) is 7.90. The first kappa shape index (κ1) is 12.3. The summed E-state index contributed by atoms with van der Waals surface area (Å²) >= 11 is 5.82. The lowest BCUT2D eigenvalue weighted by Crippen LogP contribution is -2.16. The van der Waals surface area contributed by atoms with Crippen molar-refractivity contribution in [3.05, 3.63) is 40.4 Å². The molecule has 0 saturated carbocycles. The fourth-order valence-electron chi connectivity index (χ4n) is 1.36. The van der Waals surface area contributed by atoms with Crippen LogP contribution in [0.1, 0.15) is 25.8 Å². The number of benzene rings is 1. The van der Waals surface area contributed by atoms with Gasteiger partial charge in [0, 0.05) is 11.6 Å². The van der Waals surface area contributed by atoms with Crippen molar-refractivity contribution in [1.29, 1.82) is 0 Å². The lowest BCUT2D eigenvalue weighted by Gasteiger charge is -2.03. The molecule has 0 radical (unpaired) electrons. The van der Waals surface area contributed by atoms with E-state index in [-0.39, 0.29) is 0 Å². The van der Waals surface area contributed by atoms with Gasteiger partial charge in [-0.25, -0.2) is 0 Å². The third-order valence-corrected chi connectivity index (χ3v) is 2.37. The van der Waals surface area contributed by atoms with Crippen LogP contribution in [-0.4, -0.2) is 13.1 Å². The maximum atomic E-state index is 5.82. The average Bonchev–Trinajstić information content (AvgIpc) is 2.22. The topological polar surface area (TPSA) is 12.0 Å². The first-order chi connectivity index (χ1) is 7.22. The third-order valence-electron chi connectivity index (χ3n) is 2.11. The van der Waals surface area contributed by atoms with E-state index in [4.69, 9.17) is 11.6 Å². The van der Waals surface area contributed by atoms with Gasteiger partial charge < -0.3 is 5.32 Å². The molecule has 0 aromatic heterocycles. The Morgan fingerprint density at radius 2 is 2.00 bits per heavy atom. The van der Waals surface area contributed by atoms with Gasteiger partial charge in [0.1, 0.15) is 0 Å². The quantitative estimate of drug-likeness (QED) is 0.750. The molecule has 0 spiro atoms. The van der Waals surface area contributed by atoms with Crippen LogP contribution in [0.4, 0.5) is 0 Å². The van der Waals surface area contributed by atoms with Crippen LogP contribution in [0.2, 0.25) is 5.02 Å². The number of hydrogen-bond acceptors (Lipinski definition) is 1. The molecule has 0 unspecified atom stereocenters.